The van der Waals surface area contributed by atoms with E-state index in [1.165, 1.54) is 53.1 Å². The van der Waals surface area contributed by atoms with Crippen molar-refractivity contribution in [2.75, 3.05) is 0 Å². The summed E-state index contributed by atoms with van der Waals surface area (Å²) in [6.07, 6.45) is 0. The van der Waals surface area contributed by atoms with Crippen LogP contribution in [-0.2, 0) is 6.54 Å². The van der Waals surface area contributed by atoms with Gasteiger partial charge in [-0.1, -0.05) is 109 Å². The molecule has 0 aliphatic rings. The van der Waals surface area contributed by atoms with Crippen molar-refractivity contribution in [2.24, 2.45) is 9.98 Å². The van der Waals surface area contributed by atoms with E-state index in [1.54, 1.807) is 0 Å². The van der Waals surface area contributed by atoms with Crippen molar-refractivity contribution in [3.8, 4) is 16.8 Å². The number of amidine groups is 1. The number of fused-ring (bicyclic) bond motifs is 6. The van der Waals surface area contributed by atoms with E-state index in [2.05, 4.69) is 125 Å². The van der Waals surface area contributed by atoms with E-state index in [0.29, 0.717) is 12.4 Å². The Morgan fingerprint density at radius 1 is 0.628 bits per heavy atom. The summed E-state index contributed by atoms with van der Waals surface area (Å²) in [7, 11) is 0. The monoisotopic (exact) mass is 569 g/mol. The van der Waals surface area contributed by atoms with Gasteiger partial charge in [0.25, 0.3) is 0 Å². The Bertz CT molecular complexity index is 2320. The molecule has 0 saturated carbocycles. The summed E-state index contributed by atoms with van der Waals surface area (Å²) in [5, 5.41) is 5.14. The molecule has 0 bridgehead atoms. The van der Waals surface area contributed by atoms with Crippen molar-refractivity contribution < 1.29 is 0 Å². The number of rotatable bonds is 5. The fourth-order valence-corrected chi connectivity index (χ4v) is 7.37. The van der Waals surface area contributed by atoms with Crippen LogP contribution in [0.5, 0.6) is 0 Å². The lowest BCUT2D eigenvalue weighted by Crippen LogP contribution is -1.98. The third kappa shape index (κ3) is 4.35. The number of nitrogens with zero attached hydrogens (tertiary/aromatic N) is 3. The van der Waals surface area contributed by atoms with E-state index < -0.39 is 0 Å². The predicted molar refractivity (Wildman–Crippen MR) is 185 cm³/mol. The minimum absolute atomic E-state index is 0.542. The molecule has 0 spiro atoms. The summed E-state index contributed by atoms with van der Waals surface area (Å²) in [6.45, 7) is 4.27. The predicted octanol–water partition coefficient (Wildman–Crippen LogP) is 10.5. The topological polar surface area (TPSA) is 29.6 Å². The lowest BCUT2D eigenvalue weighted by molar-refractivity contribution is 1.06. The Kier molecular flexibility index (Phi) is 6.20. The zero-order valence-electron chi connectivity index (χ0n) is 23.4. The first-order chi connectivity index (χ1) is 21.3. The third-order valence-corrected chi connectivity index (χ3v) is 9.40. The first-order valence-corrected chi connectivity index (χ1v) is 15.2. The van der Waals surface area contributed by atoms with Crippen molar-refractivity contribution in [1.29, 1.82) is 0 Å². The van der Waals surface area contributed by atoms with Crippen LogP contribution in [0.4, 0.5) is 0 Å². The molecule has 204 valence electrons. The van der Waals surface area contributed by atoms with Gasteiger partial charge in [-0.25, -0.2) is 4.99 Å². The van der Waals surface area contributed by atoms with Crippen LogP contribution in [0.15, 0.2) is 150 Å². The Morgan fingerprint density at radius 2 is 1.35 bits per heavy atom. The lowest BCUT2D eigenvalue weighted by atomic mass is 10.0. The van der Waals surface area contributed by atoms with Gasteiger partial charge in [0.15, 0.2) is 5.84 Å². The maximum atomic E-state index is 4.74. The number of thiophene rings is 1. The molecule has 0 saturated heterocycles. The lowest BCUT2D eigenvalue weighted by Gasteiger charge is -2.10. The fraction of sp³-hybridized carbons (Fsp3) is 0.0256. The van der Waals surface area contributed by atoms with Gasteiger partial charge in [0, 0.05) is 42.2 Å². The van der Waals surface area contributed by atoms with E-state index in [4.69, 9.17) is 4.99 Å². The van der Waals surface area contributed by atoms with E-state index in [9.17, 15) is 0 Å². The van der Waals surface area contributed by atoms with Crippen LogP contribution in [0.3, 0.4) is 0 Å². The smallest absolute Gasteiger partial charge is 0.154 e. The van der Waals surface area contributed by atoms with Crippen molar-refractivity contribution in [2.45, 2.75) is 6.54 Å². The second-order valence-corrected chi connectivity index (χ2v) is 11.7. The van der Waals surface area contributed by atoms with E-state index in [1.807, 2.05) is 41.7 Å². The summed E-state index contributed by atoms with van der Waals surface area (Å²) in [6, 6.07) is 49.7. The molecular weight excluding hydrogens is 543 g/mol. The Morgan fingerprint density at radius 3 is 2.19 bits per heavy atom. The molecule has 6 aromatic carbocycles. The van der Waals surface area contributed by atoms with Crippen LogP contribution in [0.2, 0.25) is 0 Å². The van der Waals surface area contributed by atoms with Gasteiger partial charge in [0.2, 0.25) is 0 Å². The van der Waals surface area contributed by atoms with Crippen molar-refractivity contribution >= 4 is 65.9 Å². The molecular formula is C39H27N3S. The third-order valence-electron chi connectivity index (χ3n) is 8.18. The molecule has 0 amide bonds. The highest BCUT2D eigenvalue weighted by Gasteiger charge is 2.15. The summed E-state index contributed by atoms with van der Waals surface area (Å²) < 4.78 is 5.04. The van der Waals surface area contributed by atoms with E-state index >= 15 is 0 Å². The summed E-state index contributed by atoms with van der Waals surface area (Å²) in [5.41, 5.74) is 8.12. The molecule has 3 nitrogen and oxygen atoms in total. The molecule has 2 aromatic heterocycles. The highest BCUT2D eigenvalue weighted by atomic mass is 32.1. The Hall–Kier alpha value is -5.32. The van der Waals surface area contributed by atoms with Crippen molar-refractivity contribution in [3.05, 3.63) is 151 Å². The van der Waals surface area contributed by atoms with Crippen LogP contribution in [0, 0.1) is 0 Å². The maximum absolute atomic E-state index is 4.74. The maximum Gasteiger partial charge on any atom is 0.154 e. The number of aliphatic imine (C=N–C) groups is 2. The van der Waals surface area contributed by atoms with Crippen molar-refractivity contribution in [1.82, 2.24) is 4.57 Å². The zero-order valence-corrected chi connectivity index (χ0v) is 24.3. The van der Waals surface area contributed by atoms with Crippen LogP contribution in [0.25, 0.3) is 58.8 Å². The van der Waals surface area contributed by atoms with Gasteiger partial charge >= 0.3 is 0 Å². The highest BCUT2D eigenvalue weighted by Crippen LogP contribution is 2.41. The Labute approximate surface area is 253 Å². The Balaban J connectivity index is 1.23. The van der Waals surface area contributed by atoms with Crippen LogP contribution < -0.4 is 0 Å². The fourth-order valence-electron chi connectivity index (χ4n) is 6.13. The van der Waals surface area contributed by atoms with E-state index in [0.717, 1.165) is 16.8 Å². The molecule has 4 heteroatoms. The quantitative estimate of drug-likeness (QED) is 0.146. The first-order valence-electron chi connectivity index (χ1n) is 14.4. The minimum atomic E-state index is 0.542. The molecule has 0 N–H and O–H groups in total. The molecule has 2 heterocycles. The van der Waals surface area contributed by atoms with Crippen LogP contribution in [0.1, 0.15) is 11.1 Å². The average molecular weight is 570 g/mol. The molecule has 0 aliphatic heterocycles. The molecule has 0 aliphatic carbocycles. The SMILES string of the molecule is C=N/C(=N\Cc1ccc(-n2c3ccccc3c3ccc(-c4cccc5c4sc4ccccc45)cc32)cc1)c1ccccc1. The van der Waals surface area contributed by atoms with Gasteiger partial charge in [0.05, 0.1) is 17.6 Å². The van der Waals surface area contributed by atoms with Crippen LogP contribution >= 0.6 is 11.3 Å². The number of para-hydroxylation sites is 1. The van der Waals surface area contributed by atoms with Crippen LogP contribution in [-0.4, -0.2) is 17.1 Å². The molecule has 8 rings (SSSR count). The standard InChI is InChI=1S/C39H27N3S/c1-40-39(27-10-3-2-4-11-27)41-25-26-18-21-29(22-19-26)42-35-16-7-5-12-31(35)32-23-20-28(24-36(32)42)30-14-9-15-34-33-13-6-8-17-37(33)43-38(30)34/h2-24H,1,25H2/b41-39-. The van der Waals surface area contributed by atoms with Gasteiger partial charge in [-0.2, -0.15) is 0 Å². The molecule has 0 fully saturated rings. The van der Waals surface area contributed by atoms with Gasteiger partial charge in [-0.05, 0) is 53.7 Å². The number of aromatic nitrogens is 1. The molecule has 0 unspecified atom stereocenters. The van der Waals surface area contributed by atoms with Gasteiger partial charge < -0.3 is 4.57 Å². The van der Waals surface area contributed by atoms with Gasteiger partial charge in [-0.15, -0.1) is 11.3 Å². The normalized spacial score (nSPS) is 12.0. The largest absolute Gasteiger partial charge is 0.309 e. The zero-order chi connectivity index (χ0) is 28.8. The average Bonchev–Trinajstić information content (AvgIpc) is 3.61. The number of benzene rings is 6. The van der Waals surface area contributed by atoms with Gasteiger partial charge in [0.1, 0.15) is 0 Å². The summed E-state index contributed by atoms with van der Waals surface area (Å²) in [4.78, 5) is 8.90. The first kappa shape index (κ1) is 25.4. The second kappa shape index (κ2) is 10.5. The van der Waals surface area contributed by atoms with Gasteiger partial charge in [-0.3, -0.25) is 4.99 Å². The number of hydrogen-bond donors (Lipinski definition) is 0. The minimum Gasteiger partial charge on any atom is -0.309 e. The second-order valence-electron chi connectivity index (χ2n) is 10.7. The van der Waals surface area contributed by atoms with Crippen molar-refractivity contribution in [3.63, 3.8) is 0 Å². The molecule has 8 aromatic rings. The molecule has 0 radical (unpaired) electrons. The highest BCUT2D eigenvalue weighted by molar-refractivity contribution is 7.26. The summed E-state index contributed by atoms with van der Waals surface area (Å²) >= 11 is 1.87. The molecule has 0 atom stereocenters. The molecule has 43 heavy (non-hydrogen) atoms. The summed E-state index contributed by atoms with van der Waals surface area (Å²) in [5.74, 6) is 0.660. The van der Waals surface area contributed by atoms with E-state index in [-0.39, 0.29) is 0 Å². The number of hydrogen-bond acceptors (Lipinski definition) is 2.